The maximum Gasteiger partial charge on any atom is 0.115 e. The van der Waals surface area contributed by atoms with Crippen molar-refractivity contribution in [3.63, 3.8) is 0 Å². The van der Waals surface area contributed by atoms with Crippen LogP contribution in [0.5, 0.6) is 5.75 Å². The molecule has 18 heavy (non-hydrogen) atoms. The van der Waals surface area contributed by atoms with Gasteiger partial charge in [0.25, 0.3) is 0 Å². The molecule has 4 nitrogen and oxygen atoms in total. The summed E-state index contributed by atoms with van der Waals surface area (Å²) in [6, 6.07) is 9.30. The molecule has 0 aliphatic heterocycles. The summed E-state index contributed by atoms with van der Waals surface area (Å²) in [5.74, 6) is 0.253. The van der Waals surface area contributed by atoms with Crippen LogP contribution in [0.4, 0.5) is 0 Å². The van der Waals surface area contributed by atoms with Gasteiger partial charge >= 0.3 is 0 Å². The quantitative estimate of drug-likeness (QED) is 0.640. The number of phenols is 1. The fourth-order valence-corrected chi connectivity index (χ4v) is 1.68. The van der Waals surface area contributed by atoms with Crippen molar-refractivity contribution in [3.05, 3.63) is 29.8 Å². The van der Waals surface area contributed by atoms with E-state index in [0.717, 1.165) is 12.0 Å². The summed E-state index contributed by atoms with van der Waals surface area (Å²) in [5.41, 5.74) is 0.519. The van der Waals surface area contributed by atoms with Crippen molar-refractivity contribution in [2.45, 2.75) is 31.7 Å². The Morgan fingerprint density at radius 3 is 2.56 bits per heavy atom. The molecule has 0 heterocycles. The summed E-state index contributed by atoms with van der Waals surface area (Å²) in [7, 11) is 0. The predicted octanol–water partition coefficient (Wildman–Crippen LogP) is 1.58. The van der Waals surface area contributed by atoms with E-state index >= 15 is 0 Å². The van der Waals surface area contributed by atoms with E-state index in [1.165, 1.54) is 0 Å². The Bertz CT molecular complexity index is 397. The fourth-order valence-electron chi connectivity index (χ4n) is 1.68. The van der Waals surface area contributed by atoms with E-state index in [1.807, 2.05) is 19.1 Å². The zero-order valence-corrected chi connectivity index (χ0v) is 10.7. The number of aliphatic hydroxyl groups is 1. The lowest BCUT2D eigenvalue weighted by Crippen LogP contribution is -2.42. The van der Waals surface area contributed by atoms with Crippen molar-refractivity contribution in [2.24, 2.45) is 0 Å². The van der Waals surface area contributed by atoms with Gasteiger partial charge in [-0.3, -0.25) is 5.32 Å². The predicted molar refractivity (Wildman–Crippen MR) is 70.2 cm³/mol. The molecule has 1 rings (SSSR count). The summed E-state index contributed by atoms with van der Waals surface area (Å²) in [5, 5.41) is 30.3. The number of aryl methyl sites for hydroxylation is 1. The molecule has 4 heteroatoms. The number of hydrogen-bond acceptors (Lipinski definition) is 4. The third-order valence-electron chi connectivity index (χ3n) is 2.95. The minimum Gasteiger partial charge on any atom is -0.508 e. The molecule has 3 N–H and O–H groups in total. The van der Waals surface area contributed by atoms with Crippen molar-refractivity contribution in [3.8, 4) is 11.8 Å². The highest BCUT2D eigenvalue weighted by molar-refractivity contribution is 5.26. The van der Waals surface area contributed by atoms with Gasteiger partial charge in [0.15, 0.2) is 0 Å². The van der Waals surface area contributed by atoms with Crippen LogP contribution in [0.1, 0.15) is 25.3 Å². The molecule has 0 aliphatic carbocycles. The van der Waals surface area contributed by atoms with Gasteiger partial charge < -0.3 is 10.2 Å². The molecule has 0 fully saturated rings. The van der Waals surface area contributed by atoms with Crippen LogP contribution in [0.25, 0.3) is 0 Å². The molecule has 0 aliphatic rings. The Morgan fingerprint density at radius 2 is 2.00 bits per heavy atom. The highest BCUT2D eigenvalue weighted by atomic mass is 16.3. The number of nitrogens with zero attached hydrogens (tertiary/aromatic N) is 1. The van der Waals surface area contributed by atoms with E-state index in [1.54, 1.807) is 12.1 Å². The zero-order chi connectivity index (χ0) is 13.4. The number of nitriles is 1. The second-order valence-corrected chi connectivity index (χ2v) is 4.61. The highest BCUT2D eigenvalue weighted by Crippen LogP contribution is 2.16. The third-order valence-corrected chi connectivity index (χ3v) is 2.95. The molecule has 98 valence electrons. The first kappa shape index (κ1) is 14.5. The second kappa shape index (κ2) is 7.00. The first-order valence-electron chi connectivity index (χ1n) is 6.15. The molecule has 1 aromatic rings. The molecule has 1 aromatic carbocycles. The number of benzene rings is 1. The molecular weight excluding hydrogens is 228 g/mol. The van der Waals surface area contributed by atoms with Gasteiger partial charge in [-0.1, -0.05) is 12.1 Å². The van der Waals surface area contributed by atoms with E-state index in [2.05, 4.69) is 11.4 Å². The van der Waals surface area contributed by atoms with Crippen molar-refractivity contribution < 1.29 is 10.2 Å². The van der Waals surface area contributed by atoms with Crippen LogP contribution in [-0.2, 0) is 6.42 Å². The maximum atomic E-state index is 9.19. The minimum atomic E-state index is -0.576. The smallest absolute Gasteiger partial charge is 0.115 e. The summed E-state index contributed by atoms with van der Waals surface area (Å²) >= 11 is 0. The number of nitrogens with one attached hydrogen (secondary N) is 1. The average molecular weight is 248 g/mol. The zero-order valence-electron chi connectivity index (χ0n) is 10.7. The number of phenolic OH excluding ortho intramolecular Hbond substituents is 1. The van der Waals surface area contributed by atoms with Crippen LogP contribution < -0.4 is 5.32 Å². The van der Waals surface area contributed by atoms with Crippen LogP contribution in [-0.4, -0.2) is 28.9 Å². The lowest BCUT2D eigenvalue weighted by Gasteiger charge is -2.23. The Kier molecular flexibility index (Phi) is 5.63. The van der Waals surface area contributed by atoms with Gasteiger partial charge in [-0.05, 0) is 50.4 Å². The van der Waals surface area contributed by atoms with E-state index < -0.39 is 5.54 Å². The summed E-state index contributed by atoms with van der Waals surface area (Å²) < 4.78 is 0. The van der Waals surface area contributed by atoms with Crippen LogP contribution in [0, 0.1) is 11.3 Å². The van der Waals surface area contributed by atoms with E-state index in [0.29, 0.717) is 19.4 Å². The normalized spacial score (nSPS) is 13.8. The van der Waals surface area contributed by atoms with E-state index in [9.17, 15) is 10.4 Å². The Morgan fingerprint density at radius 1 is 1.33 bits per heavy atom. The molecule has 1 unspecified atom stereocenters. The molecule has 1 atom stereocenters. The molecule has 0 bridgehead atoms. The number of aliphatic hydroxyl groups excluding tert-OH is 1. The SMILES string of the molecule is CC(C#N)(CCc1ccc(O)cc1)NCCCO. The monoisotopic (exact) mass is 248 g/mol. The fraction of sp³-hybridized carbons (Fsp3) is 0.500. The molecule has 0 saturated heterocycles. The Balaban J connectivity index is 2.48. The average Bonchev–Trinajstić information content (AvgIpc) is 2.38. The van der Waals surface area contributed by atoms with Gasteiger partial charge in [0.2, 0.25) is 0 Å². The third kappa shape index (κ3) is 4.74. The van der Waals surface area contributed by atoms with Crippen molar-refractivity contribution in [1.82, 2.24) is 5.32 Å². The molecule has 0 spiro atoms. The number of rotatable bonds is 7. The van der Waals surface area contributed by atoms with Gasteiger partial charge in [-0.2, -0.15) is 5.26 Å². The van der Waals surface area contributed by atoms with Gasteiger partial charge in [-0.25, -0.2) is 0 Å². The van der Waals surface area contributed by atoms with Gasteiger partial charge in [0, 0.05) is 6.61 Å². The topological polar surface area (TPSA) is 76.3 Å². The maximum absolute atomic E-state index is 9.19. The first-order chi connectivity index (χ1) is 8.59. The molecule has 0 saturated carbocycles. The van der Waals surface area contributed by atoms with Gasteiger partial charge in [0.05, 0.1) is 6.07 Å². The summed E-state index contributed by atoms with van der Waals surface area (Å²) in [4.78, 5) is 0. The number of aromatic hydroxyl groups is 1. The molecular formula is C14H20N2O2. The Labute approximate surface area is 108 Å². The number of hydrogen-bond donors (Lipinski definition) is 3. The van der Waals surface area contributed by atoms with Crippen LogP contribution >= 0.6 is 0 Å². The highest BCUT2D eigenvalue weighted by Gasteiger charge is 2.22. The van der Waals surface area contributed by atoms with Crippen LogP contribution in [0.3, 0.4) is 0 Å². The molecule has 0 amide bonds. The minimum absolute atomic E-state index is 0.131. The van der Waals surface area contributed by atoms with Gasteiger partial charge in [0.1, 0.15) is 11.3 Å². The van der Waals surface area contributed by atoms with Crippen LogP contribution in [0.2, 0.25) is 0 Å². The summed E-state index contributed by atoms with van der Waals surface area (Å²) in [6.07, 6.45) is 2.12. The van der Waals surface area contributed by atoms with E-state index in [4.69, 9.17) is 5.11 Å². The Hall–Kier alpha value is -1.57. The second-order valence-electron chi connectivity index (χ2n) is 4.61. The largest absolute Gasteiger partial charge is 0.508 e. The molecule has 0 aromatic heterocycles. The first-order valence-corrected chi connectivity index (χ1v) is 6.15. The standard InChI is InChI=1S/C14H20N2O2/c1-14(11-15,16-9-2-10-17)8-7-12-3-5-13(18)6-4-12/h3-6,16-18H,2,7-10H2,1H3. The van der Waals surface area contributed by atoms with Crippen molar-refractivity contribution in [2.75, 3.05) is 13.2 Å². The van der Waals surface area contributed by atoms with Crippen molar-refractivity contribution >= 4 is 0 Å². The van der Waals surface area contributed by atoms with Crippen LogP contribution in [0.15, 0.2) is 24.3 Å². The van der Waals surface area contributed by atoms with Crippen molar-refractivity contribution in [1.29, 1.82) is 5.26 Å². The van der Waals surface area contributed by atoms with Gasteiger partial charge in [-0.15, -0.1) is 0 Å². The molecule has 0 radical (unpaired) electrons. The van der Waals surface area contributed by atoms with E-state index in [-0.39, 0.29) is 12.4 Å². The summed E-state index contributed by atoms with van der Waals surface area (Å²) in [6.45, 7) is 2.63. The lowest BCUT2D eigenvalue weighted by atomic mass is 9.94. The lowest BCUT2D eigenvalue weighted by molar-refractivity contribution is 0.278.